The van der Waals surface area contributed by atoms with Gasteiger partial charge in [-0.1, -0.05) is 21.6 Å². The van der Waals surface area contributed by atoms with Crippen LogP contribution < -0.4 is 0 Å². The molecule has 26 heavy (non-hydrogen) atoms. The van der Waals surface area contributed by atoms with Crippen molar-refractivity contribution in [3.05, 3.63) is 0 Å². The fourth-order valence-electron chi connectivity index (χ4n) is 2.90. The lowest BCUT2D eigenvalue weighted by atomic mass is 10.1. The van der Waals surface area contributed by atoms with E-state index in [0.717, 1.165) is 46.7 Å². The van der Waals surface area contributed by atoms with Crippen LogP contribution in [0, 0.1) is 11.8 Å². The Morgan fingerprint density at radius 3 is 1.35 bits per heavy atom. The highest BCUT2D eigenvalue weighted by atomic mass is 33.1. The van der Waals surface area contributed by atoms with Crippen LogP contribution >= 0.6 is 21.6 Å². The third-order valence-electron chi connectivity index (χ3n) is 4.39. The largest absolute Gasteiger partial charge is 0.469 e. The van der Waals surface area contributed by atoms with Gasteiger partial charge < -0.3 is 18.4 Å². The second kappa shape index (κ2) is 12.1. The number of carbonyl (C=O) groups excluding carboxylic acids is 2. The first-order valence-electron chi connectivity index (χ1n) is 8.98. The lowest BCUT2D eigenvalue weighted by Crippen LogP contribution is -2.46. The normalized spacial score (nSPS) is 14.6. The van der Waals surface area contributed by atoms with E-state index in [1.165, 1.54) is 14.2 Å². The summed E-state index contributed by atoms with van der Waals surface area (Å²) in [6.45, 7) is 7.43. The number of hydrogen-bond acceptors (Lipinski definition) is 6. The molecule has 0 saturated carbocycles. The van der Waals surface area contributed by atoms with E-state index in [2.05, 4.69) is 28.2 Å². The third kappa shape index (κ3) is 11.3. The molecule has 0 aliphatic carbocycles. The van der Waals surface area contributed by atoms with Gasteiger partial charge in [-0.15, -0.1) is 0 Å². The van der Waals surface area contributed by atoms with Crippen LogP contribution in [0.25, 0.3) is 0 Å². The van der Waals surface area contributed by atoms with Crippen LogP contribution in [0.3, 0.4) is 0 Å². The van der Waals surface area contributed by atoms with Crippen molar-refractivity contribution in [2.24, 2.45) is 11.8 Å². The average Bonchev–Trinajstić information content (AvgIpc) is 2.55. The molecule has 0 radical (unpaired) electrons. The summed E-state index contributed by atoms with van der Waals surface area (Å²) in [7, 11) is 15.2. The van der Waals surface area contributed by atoms with E-state index in [4.69, 9.17) is 9.47 Å². The second-order valence-corrected chi connectivity index (χ2v) is 10.9. The van der Waals surface area contributed by atoms with Gasteiger partial charge in [0.05, 0.1) is 80.1 Å². The number of quaternary nitrogens is 2. The maximum Gasteiger partial charge on any atom is 0.314 e. The molecule has 0 saturated heterocycles. The first-order valence-corrected chi connectivity index (χ1v) is 11.5. The maximum atomic E-state index is 11.6. The van der Waals surface area contributed by atoms with Crippen LogP contribution in [0.1, 0.15) is 13.8 Å². The van der Waals surface area contributed by atoms with Crippen LogP contribution in [0.15, 0.2) is 0 Å². The summed E-state index contributed by atoms with van der Waals surface area (Å²) in [4.78, 5) is 23.1. The minimum atomic E-state index is -0.139. The molecule has 2 unspecified atom stereocenters. The fraction of sp³-hybridized carbons (Fsp3) is 0.889. The Labute approximate surface area is 167 Å². The van der Waals surface area contributed by atoms with Gasteiger partial charge in [-0.25, -0.2) is 0 Å². The molecule has 0 spiro atoms. The Balaban J connectivity index is 4.01. The number of methoxy groups -OCH3 is 2. The fourth-order valence-corrected chi connectivity index (χ4v) is 5.43. The molecule has 0 amide bonds. The molecular formula is C18H38N2O4S2+2. The van der Waals surface area contributed by atoms with Crippen molar-refractivity contribution in [3.63, 3.8) is 0 Å². The summed E-state index contributed by atoms with van der Waals surface area (Å²) < 4.78 is 11.2. The van der Waals surface area contributed by atoms with Crippen LogP contribution in [0.4, 0.5) is 0 Å². The van der Waals surface area contributed by atoms with E-state index in [-0.39, 0.29) is 23.8 Å². The minimum Gasteiger partial charge on any atom is -0.469 e. The molecule has 0 aliphatic rings. The van der Waals surface area contributed by atoms with Crippen LogP contribution in [-0.4, -0.2) is 101 Å². The molecule has 0 aliphatic heterocycles. The molecule has 0 bridgehead atoms. The SMILES string of the molecule is COC(=O)C(C)C[N+](C)(C)CCSSCC[N+](C)(C)CC(C)C(=O)OC. The Kier molecular flexibility index (Phi) is 11.9. The molecule has 0 rings (SSSR count). The molecule has 0 aromatic heterocycles. The predicted octanol–water partition coefficient (Wildman–Crippen LogP) is 2.14. The molecule has 0 fully saturated rings. The molecule has 8 heteroatoms. The van der Waals surface area contributed by atoms with E-state index < -0.39 is 0 Å². The van der Waals surface area contributed by atoms with Crippen molar-refractivity contribution in [2.45, 2.75) is 13.8 Å². The van der Waals surface area contributed by atoms with Gasteiger partial charge in [0.15, 0.2) is 0 Å². The summed E-state index contributed by atoms with van der Waals surface area (Å²) in [5, 5.41) is 0. The van der Waals surface area contributed by atoms with Gasteiger partial charge in [-0.05, 0) is 13.8 Å². The lowest BCUT2D eigenvalue weighted by molar-refractivity contribution is -0.890. The van der Waals surface area contributed by atoms with Crippen LogP contribution in [-0.2, 0) is 19.1 Å². The van der Waals surface area contributed by atoms with E-state index in [9.17, 15) is 9.59 Å². The Bertz CT molecular complexity index is 405. The lowest BCUT2D eigenvalue weighted by Gasteiger charge is -2.32. The van der Waals surface area contributed by atoms with E-state index in [0.29, 0.717) is 0 Å². The van der Waals surface area contributed by atoms with E-state index >= 15 is 0 Å². The maximum absolute atomic E-state index is 11.6. The molecule has 0 heterocycles. The summed E-state index contributed by atoms with van der Waals surface area (Å²) in [6.07, 6.45) is 0. The number of rotatable bonds is 13. The van der Waals surface area contributed by atoms with Gasteiger partial charge in [0.2, 0.25) is 0 Å². The Morgan fingerprint density at radius 1 is 0.769 bits per heavy atom. The van der Waals surface area contributed by atoms with Gasteiger partial charge in [-0.2, -0.15) is 0 Å². The molecule has 6 nitrogen and oxygen atoms in total. The van der Waals surface area contributed by atoms with Crippen molar-refractivity contribution < 1.29 is 28.0 Å². The molecule has 0 aromatic rings. The summed E-state index contributed by atoms with van der Waals surface area (Å²) in [5.74, 6) is 1.64. The van der Waals surface area contributed by atoms with Crippen LogP contribution in [0.2, 0.25) is 0 Å². The van der Waals surface area contributed by atoms with Gasteiger partial charge in [0.1, 0.15) is 11.8 Å². The minimum absolute atomic E-state index is 0.0810. The van der Waals surface area contributed by atoms with Crippen molar-refractivity contribution >= 4 is 33.5 Å². The summed E-state index contributed by atoms with van der Waals surface area (Å²) >= 11 is 0. The highest BCUT2D eigenvalue weighted by Gasteiger charge is 2.25. The summed E-state index contributed by atoms with van der Waals surface area (Å²) in [6, 6.07) is 0. The Hall–Kier alpha value is -0.440. The first-order chi connectivity index (χ1) is 11.9. The molecule has 0 aromatic carbocycles. The zero-order valence-corrected chi connectivity index (χ0v) is 19.4. The second-order valence-electron chi connectivity index (χ2n) is 8.18. The van der Waals surface area contributed by atoms with Crippen molar-refractivity contribution in [1.82, 2.24) is 0 Å². The number of nitrogens with zero attached hydrogens (tertiary/aromatic N) is 2. The number of carbonyl (C=O) groups is 2. The van der Waals surface area contributed by atoms with Gasteiger partial charge in [0, 0.05) is 0 Å². The molecule has 0 N–H and O–H groups in total. The standard InChI is InChI=1S/C18H38N2O4S2/c1-15(17(21)23-7)13-19(3,4)9-11-25-26-12-10-20(5,6)14-16(2)18(22)24-8/h15-16H,9-14H2,1-8H3/q+2. The number of ether oxygens (including phenoxy) is 2. The number of esters is 2. The zero-order chi connectivity index (χ0) is 20.4. The quantitative estimate of drug-likeness (QED) is 0.201. The van der Waals surface area contributed by atoms with E-state index in [1.54, 1.807) is 0 Å². The highest BCUT2D eigenvalue weighted by Crippen LogP contribution is 2.23. The first kappa shape index (κ1) is 25.6. The van der Waals surface area contributed by atoms with Crippen molar-refractivity contribution in [2.75, 3.05) is 80.1 Å². The van der Waals surface area contributed by atoms with E-state index in [1.807, 2.05) is 35.4 Å². The van der Waals surface area contributed by atoms with Crippen molar-refractivity contribution in [1.29, 1.82) is 0 Å². The highest BCUT2D eigenvalue weighted by molar-refractivity contribution is 8.76. The summed E-state index contributed by atoms with van der Waals surface area (Å²) in [5.41, 5.74) is 0. The third-order valence-corrected chi connectivity index (χ3v) is 6.75. The van der Waals surface area contributed by atoms with Crippen LogP contribution in [0.5, 0.6) is 0 Å². The zero-order valence-electron chi connectivity index (χ0n) is 17.7. The Morgan fingerprint density at radius 2 is 1.08 bits per heavy atom. The molecule has 154 valence electrons. The molecular weight excluding hydrogens is 372 g/mol. The van der Waals surface area contributed by atoms with Gasteiger partial charge in [0.25, 0.3) is 0 Å². The number of hydrogen-bond donors (Lipinski definition) is 0. The smallest absolute Gasteiger partial charge is 0.314 e. The monoisotopic (exact) mass is 410 g/mol. The molecule has 2 atom stereocenters. The predicted molar refractivity (Wildman–Crippen MR) is 111 cm³/mol. The average molecular weight is 411 g/mol. The van der Waals surface area contributed by atoms with Gasteiger partial charge in [-0.3, -0.25) is 9.59 Å². The topological polar surface area (TPSA) is 52.6 Å². The van der Waals surface area contributed by atoms with Crippen molar-refractivity contribution in [3.8, 4) is 0 Å². The van der Waals surface area contributed by atoms with Gasteiger partial charge >= 0.3 is 11.9 Å².